The van der Waals surface area contributed by atoms with E-state index in [9.17, 15) is 29.1 Å². The van der Waals surface area contributed by atoms with Crippen LogP contribution in [0.5, 0.6) is 0 Å². The third-order valence-corrected chi connectivity index (χ3v) is 9.61. The molecule has 0 saturated heterocycles. The summed E-state index contributed by atoms with van der Waals surface area (Å²) in [5.74, 6) is -1.75. The van der Waals surface area contributed by atoms with E-state index >= 15 is 0 Å². The number of nitrogens with one attached hydrogen (secondary N) is 1. The van der Waals surface area contributed by atoms with Gasteiger partial charge in [-0.3, -0.25) is 19.2 Å². The lowest BCUT2D eigenvalue weighted by Gasteiger charge is -2.23. The van der Waals surface area contributed by atoms with E-state index in [1.165, 1.54) is 75.5 Å². The van der Waals surface area contributed by atoms with E-state index in [2.05, 4.69) is 30.4 Å². The first-order chi connectivity index (χ1) is 22.2. The Morgan fingerprint density at radius 1 is 0.696 bits per heavy atom. The van der Waals surface area contributed by atoms with Crippen molar-refractivity contribution in [1.82, 2.24) is 10.2 Å². The molecule has 0 fully saturated rings. The zero-order chi connectivity index (χ0) is 34.3. The molecular formula is C33H63N2O8P3. The second kappa shape index (κ2) is 32.5. The summed E-state index contributed by atoms with van der Waals surface area (Å²) in [4.78, 5) is 61.3. The molecule has 4 atom stereocenters. The van der Waals surface area contributed by atoms with Gasteiger partial charge in [-0.25, -0.2) is 4.79 Å². The lowest BCUT2D eigenvalue weighted by Crippen LogP contribution is -2.42. The normalized spacial score (nSPS) is 12.0. The number of carboxylic acids is 1. The van der Waals surface area contributed by atoms with Crippen LogP contribution in [0.25, 0.3) is 0 Å². The van der Waals surface area contributed by atoms with Crippen molar-refractivity contribution in [3.8, 4) is 0 Å². The van der Waals surface area contributed by atoms with Crippen LogP contribution in [0.4, 0.5) is 0 Å². The number of carbonyl (C=O) groups is 5. The topological polar surface area (TPSA) is 139 Å². The molecule has 2 N–H and O–H groups in total. The van der Waals surface area contributed by atoms with Crippen LogP contribution in [0, 0.1) is 0 Å². The maximum Gasteiger partial charge on any atom is 0.326 e. The van der Waals surface area contributed by atoms with Crippen molar-refractivity contribution in [3.63, 3.8) is 0 Å². The number of rotatable bonds is 34. The Hall–Kier alpha value is -1.04. The first-order valence-corrected chi connectivity index (χ1v) is 20.8. The summed E-state index contributed by atoms with van der Waals surface area (Å²) in [6.07, 6.45) is 19.3. The van der Waals surface area contributed by atoms with Gasteiger partial charge in [-0.05, 0) is 21.1 Å². The average molecular weight is 709 g/mol. The largest absolute Gasteiger partial charge is 0.480 e. The molecular weight excluding hydrogens is 645 g/mol. The summed E-state index contributed by atoms with van der Waals surface area (Å²) in [7, 11) is 4.63. The second-order valence-electron chi connectivity index (χ2n) is 11.8. The molecule has 0 rings (SSSR count). The average Bonchev–Trinajstić information content (AvgIpc) is 3.02. The lowest BCUT2D eigenvalue weighted by molar-refractivity contribution is -0.142. The van der Waals surface area contributed by atoms with Crippen molar-refractivity contribution >= 4 is 55.3 Å². The molecule has 0 aliphatic rings. The molecule has 0 saturated carbocycles. The molecule has 0 radical (unpaired) electrons. The number of ether oxygens (including phenoxy) is 2. The van der Waals surface area contributed by atoms with Gasteiger partial charge in [-0.1, -0.05) is 106 Å². The fraction of sp³-hybridized carbons (Fsp3) is 0.848. The molecule has 0 aliphatic heterocycles. The van der Waals surface area contributed by atoms with Crippen LogP contribution in [-0.4, -0.2) is 84.4 Å². The Morgan fingerprint density at radius 2 is 1.17 bits per heavy atom. The van der Waals surface area contributed by atoms with Crippen molar-refractivity contribution in [2.75, 3.05) is 39.5 Å². The summed E-state index contributed by atoms with van der Waals surface area (Å²) in [5.41, 5.74) is 0.0274. The highest BCUT2D eigenvalue weighted by molar-refractivity contribution is 8.11. The number of hydrogen-bond donors (Lipinski definition) is 2. The Balaban J connectivity index is 4.30. The standard InChI is InChI=1S/C33H63N2O8P3/c1-2-3-4-5-6-7-8-9-10-11-12-13-14-15-16-17-29(36)34-28(33(40)41)18-19-30(37)35(22-26-42-24-20-31(38)44)23-27-43-25-21-32(39)46-45/h28,46H,2-27,44-45H2,1H3,(H,34,36)(H,40,41). The summed E-state index contributed by atoms with van der Waals surface area (Å²) in [6.45, 7) is 3.70. The minimum absolute atomic E-state index is 0.0257. The fourth-order valence-corrected chi connectivity index (χ4v) is 5.73. The number of carboxylic acid groups (broad SMARTS) is 1. The summed E-state index contributed by atoms with van der Waals surface area (Å²) < 4.78 is 11.0. The van der Waals surface area contributed by atoms with Gasteiger partial charge in [0.1, 0.15) is 6.04 Å². The smallest absolute Gasteiger partial charge is 0.326 e. The van der Waals surface area contributed by atoms with Gasteiger partial charge in [-0.15, -0.1) is 8.93 Å². The van der Waals surface area contributed by atoms with Crippen LogP contribution in [0.2, 0.25) is 0 Å². The van der Waals surface area contributed by atoms with Crippen LogP contribution in [0.15, 0.2) is 0 Å². The van der Waals surface area contributed by atoms with Crippen molar-refractivity contribution in [2.24, 2.45) is 0 Å². The number of nitrogens with zero attached hydrogens (tertiary/aromatic N) is 1. The number of aliphatic carboxylic acids is 1. The fourth-order valence-electron chi connectivity index (χ4n) is 4.93. The molecule has 0 spiro atoms. The van der Waals surface area contributed by atoms with Crippen molar-refractivity contribution < 1.29 is 38.6 Å². The van der Waals surface area contributed by atoms with Gasteiger partial charge in [0.2, 0.25) is 11.8 Å². The molecule has 13 heteroatoms. The Kier molecular flexibility index (Phi) is 31.8. The van der Waals surface area contributed by atoms with Crippen molar-refractivity contribution in [1.29, 1.82) is 0 Å². The third-order valence-electron chi connectivity index (χ3n) is 7.78. The molecule has 0 heterocycles. The molecule has 0 aromatic heterocycles. The van der Waals surface area contributed by atoms with E-state index < -0.39 is 12.0 Å². The Labute approximate surface area is 284 Å². The first-order valence-electron chi connectivity index (χ1n) is 17.4. The van der Waals surface area contributed by atoms with Gasteiger partial charge in [-0.2, -0.15) is 0 Å². The van der Waals surface area contributed by atoms with Gasteiger partial charge in [0.15, 0.2) is 11.0 Å². The molecule has 0 aliphatic carbocycles. The molecule has 46 heavy (non-hydrogen) atoms. The van der Waals surface area contributed by atoms with Crippen LogP contribution in [0.3, 0.4) is 0 Å². The van der Waals surface area contributed by atoms with Gasteiger partial charge >= 0.3 is 5.97 Å². The summed E-state index contributed by atoms with van der Waals surface area (Å²) >= 11 is 0. The highest BCUT2D eigenvalue weighted by Gasteiger charge is 2.23. The second-order valence-corrected chi connectivity index (χ2v) is 14.2. The van der Waals surface area contributed by atoms with E-state index in [-0.39, 0.29) is 96.3 Å². The zero-order valence-corrected chi connectivity index (χ0v) is 31.7. The summed E-state index contributed by atoms with van der Waals surface area (Å²) in [6, 6.07) is -1.14. The maximum atomic E-state index is 13.0. The monoisotopic (exact) mass is 708 g/mol. The Morgan fingerprint density at radius 3 is 1.63 bits per heavy atom. The Bertz CT molecular complexity index is 835. The first kappa shape index (κ1) is 45.0. The van der Waals surface area contributed by atoms with Gasteiger partial charge < -0.3 is 24.8 Å². The minimum atomic E-state index is -1.17. The maximum absolute atomic E-state index is 13.0. The van der Waals surface area contributed by atoms with E-state index in [1.54, 1.807) is 0 Å². The van der Waals surface area contributed by atoms with Crippen LogP contribution in [0.1, 0.15) is 135 Å². The number of carbonyl (C=O) groups excluding carboxylic acids is 4. The van der Waals surface area contributed by atoms with Crippen LogP contribution >= 0.6 is 26.4 Å². The van der Waals surface area contributed by atoms with Crippen molar-refractivity contribution in [2.45, 2.75) is 141 Å². The van der Waals surface area contributed by atoms with E-state index in [1.807, 2.05) is 0 Å². The van der Waals surface area contributed by atoms with Gasteiger partial charge in [0.05, 0.1) is 26.4 Å². The molecule has 10 nitrogen and oxygen atoms in total. The number of hydrogen-bond acceptors (Lipinski definition) is 7. The molecule has 0 aromatic rings. The van der Waals surface area contributed by atoms with E-state index in [4.69, 9.17) is 9.47 Å². The molecule has 0 aromatic carbocycles. The zero-order valence-electron chi connectivity index (χ0n) is 28.4. The van der Waals surface area contributed by atoms with Crippen LogP contribution in [-0.2, 0) is 33.4 Å². The molecule has 2 amide bonds. The molecule has 4 unspecified atom stereocenters. The van der Waals surface area contributed by atoms with Crippen LogP contribution < -0.4 is 5.32 Å². The van der Waals surface area contributed by atoms with E-state index in [0.29, 0.717) is 12.8 Å². The minimum Gasteiger partial charge on any atom is -0.480 e. The quantitative estimate of drug-likeness (QED) is 0.0561. The highest BCUT2D eigenvalue weighted by atomic mass is 32.0. The lowest BCUT2D eigenvalue weighted by atomic mass is 10.0. The predicted molar refractivity (Wildman–Crippen MR) is 194 cm³/mol. The van der Waals surface area contributed by atoms with Gasteiger partial charge in [0.25, 0.3) is 0 Å². The van der Waals surface area contributed by atoms with Gasteiger partial charge in [0, 0.05) is 38.8 Å². The SMILES string of the molecule is CCCCCCCCCCCCCCCCCC(=O)NC(CCC(=O)N(CCOCCC(=O)P)CCOCCC(=O)PP)C(=O)O. The number of amides is 2. The highest BCUT2D eigenvalue weighted by Crippen LogP contribution is 2.22. The number of unbranched alkanes of at least 4 members (excludes halogenated alkanes) is 14. The van der Waals surface area contributed by atoms with Crippen molar-refractivity contribution in [3.05, 3.63) is 0 Å². The van der Waals surface area contributed by atoms with E-state index in [0.717, 1.165) is 19.3 Å². The molecule has 268 valence electrons. The summed E-state index contributed by atoms with van der Waals surface area (Å²) in [5, 5.41) is 12.2. The third kappa shape index (κ3) is 29.1. The molecule has 0 bridgehead atoms. The predicted octanol–water partition coefficient (Wildman–Crippen LogP) is 6.64.